The van der Waals surface area contributed by atoms with Crippen molar-refractivity contribution < 1.29 is 14.5 Å². The summed E-state index contributed by atoms with van der Waals surface area (Å²) in [7, 11) is 1.54. The Morgan fingerprint density at radius 2 is 1.88 bits per heavy atom. The number of methoxy groups -OCH3 is 1. The SMILES string of the molecule is COc1ccc([N+](=O)[O-])cc1-n1c(C)cc(C2C(c3ccccn3)NC(=S)N2c2ccc(NC(C)=O)cc2)c1C. The van der Waals surface area contributed by atoms with Crippen molar-refractivity contribution in [2.75, 3.05) is 17.3 Å². The molecule has 0 bridgehead atoms. The number of hydrogen-bond acceptors (Lipinski definition) is 6. The lowest BCUT2D eigenvalue weighted by Crippen LogP contribution is -2.29. The zero-order valence-electron chi connectivity index (χ0n) is 22.4. The van der Waals surface area contributed by atoms with E-state index in [1.54, 1.807) is 19.4 Å². The lowest BCUT2D eigenvalue weighted by molar-refractivity contribution is -0.384. The Hall–Kier alpha value is -4.77. The van der Waals surface area contributed by atoms with Crippen LogP contribution in [-0.4, -0.2) is 32.6 Å². The Labute approximate surface area is 236 Å². The summed E-state index contributed by atoms with van der Waals surface area (Å²) in [6.07, 6.45) is 1.75. The van der Waals surface area contributed by atoms with Crippen molar-refractivity contribution in [1.29, 1.82) is 0 Å². The highest BCUT2D eigenvalue weighted by molar-refractivity contribution is 7.80. The molecule has 2 aromatic heterocycles. The molecule has 0 spiro atoms. The number of nitro benzene ring substituents is 1. The average molecular weight is 557 g/mol. The number of non-ortho nitro benzene ring substituents is 1. The van der Waals surface area contributed by atoms with Crippen LogP contribution in [0.25, 0.3) is 5.69 Å². The molecule has 1 aliphatic rings. The maximum atomic E-state index is 11.6. The molecule has 1 amide bonds. The Bertz CT molecular complexity index is 1600. The maximum Gasteiger partial charge on any atom is 0.271 e. The minimum atomic E-state index is -0.416. The molecule has 10 nitrogen and oxygen atoms in total. The number of nitrogens with one attached hydrogen (secondary N) is 2. The molecule has 1 fully saturated rings. The molecular formula is C29H28N6O4S. The Morgan fingerprint density at radius 1 is 1.12 bits per heavy atom. The summed E-state index contributed by atoms with van der Waals surface area (Å²) in [5.41, 5.74) is 5.63. The summed E-state index contributed by atoms with van der Waals surface area (Å²) in [6.45, 7) is 5.40. The molecule has 40 heavy (non-hydrogen) atoms. The molecule has 1 saturated heterocycles. The zero-order valence-corrected chi connectivity index (χ0v) is 23.2. The van der Waals surface area contributed by atoms with Gasteiger partial charge in [-0.15, -0.1) is 0 Å². The molecular weight excluding hydrogens is 528 g/mol. The molecule has 204 valence electrons. The number of anilines is 2. The monoisotopic (exact) mass is 556 g/mol. The second kappa shape index (κ2) is 10.8. The first-order valence-electron chi connectivity index (χ1n) is 12.6. The van der Waals surface area contributed by atoms with Gasteiger partial charge in [0.25, 0.3) is 5.69 Å². The Balaban J connectivity index is 1.67. The molecule has 3 heterocycles. The number of pyridine rings is 1. The highest BCUT2D eigenvalue weighted by Gasteiger charge is 2.42. The molecule has 0 saturated carbocycles. The third kappa shape index (κ3) is 4.87. The number of amides is 1. The number of hydrogen-bond donors (Lipinski definition) is 2. The van der Waals surface area contributed by atoms with E-state index in [2.05, 4.69) is 21.7 Å². The molecule has 4 aromatic rings. The molecule has 2 aromatic carbocycles. The van der Waals surface area contributed by atoms with Gasteiger partial charge in [-0.05, 0) is 80.2 Å². The van der Waals surface area contributed by atoms with Crippen molar-refractivity contribution in [3.8, 4) is 11.4 Å². The number of thiocarbonyl (C=S) groups is 1. The summed E-state index contributed by atoms with van der Waals surface area (Å²) in [5, 5.41) is 18.4. The molecule has 11 heteroatoms. The number of benzene rings is 2. The number of nitro groups is 1. The van der Waals surface area contributed by atoms with Crippen molar-refractivity contribution >= 4 is 40.3 Å². The van der Waals surface area contributed by atoms with Gasteiger partial charge in [0.2, 0.25) is 5.91 Å². The predicted octanol–water partition coefficient (Wildman–Crippen LogP) is 5.54. The summed E-state index contributed by atoms with van der Waals surface area (Å²) in [5.74, 6) is 0.369. The number of carbonyl (C=O) groups excluding carboxylic acids is 1. The van der Waals surface area contributed by atoms with E-state index in [4.69, 9.17) is 17.0 Å². The Morgan fingerprint density at radius 3 is 2.50 bits per heavy atom. The maximum absolute atomic E-state index is 11.6. The third-order valence-corrected chi connectivity index (χ3v) is 7.28. The minimum absolute atomic E-state index is 0.0270. The molecule has 2 unspecified atom stereocenters. The number of carbonyl (C=O) groups is 1. The van der Waals surface area contributed by atoms with Crippen molar-refractivity contribution in [1.82, 2.24) is 14.9 Å². The zero-order chi connectivity index (χ0) is 28.6. The fraction of sp³-hybridized carbons (Fsp3) is 0.207. The fourth-order valence-corrected chi connectivity index (χ4v) is 5.63. The van der Waals surface area contributed by atoms with E-state index in [1.807, 2.05) is 65.8 Å². The van der Waals surface area contributed by atoms with Crippen LogP contribution < -0.4 is 20.3 Å². The highest BCUT2D eigenvalue weighted by Crippen LogP contribution is 2.44. The lowest BCUT2D eigenvalue weighted by atomic mass is 9.96. The summed E-state index contributed by atoms with van der Waals surface area (Å²) < 4.78 is 7.56. The second-order valence-corrected chi connectivity index (χ2v) is 9.89. The normalized spacial score (nSPS) is 16.5. The first-order valence-corrected chi connectivity index (χ1v) is 13.0. The van der Waals surface area contributed by atoms with Crippen molar-refractivity contribution in [3.63, 3.8) is 0 Å². The van der Waals surface area contributed by atoms with E-state index < -0.39 is 4.92 Å². The quantitative estimate of drug-likeness (QED) is 0.173. The van der Waals surface area contributed by atoms with Gasteiger partial charge in [-0.25, -0.2) is 0 Å². The van der Waals surface area contributed by atoms with Gasteiger partial charge >= 0.3 is 0 Å². The first kappa shape index (κ1) is 26.8. The molecule has 2 N–H and O–H groups in total. The summed E-state index contributed by atoms with van der Waals surface area (Å²) in [4.78, 5) is 29.4. The summed E-state index contributed by atoms with van der Waals surface area (Å²) >= 11 is 5.86. The largest absolute Gasteiger partial charge is 0.495 e. The van der Waals surface area contributed by atoms with Gasteiger partial charge in [0.15, 0.2) is 5.11 Å². The highest BCUT2D eigenvalue weighted by atomic mass is 32.1. The Kier molecular flexibility index (Phi) is 7.22. The van der Waals surface area contributed by atoms with Crippen LogP contribution in [0.3, 0.4) is 0 Å². The predicted molar refractivity (Wildman–Crippen MR) is 157 cm³/mol. The molecule has 1 aliphatic heterocycles. The average Bonchev–Trinajstić information content (AvgIpc) is 3.43. The van der Waals surface area contributed by atoms with Crippen LogP contribution in [0.4, 0.5) is 17.1 Å². The number of nitrogens with zero attached hydrogens (tertiary/aromatic N) is 4. The van der Waals surface area contributed by atoms with Gasteiger partial charge in [0.1, 0.15) is 5.75 Å². The second-order valence-electron chi connectivity index (χ2n) is 9.50. The van der Waals surface area contributed by atoms with Crippen molar-refractivity contribution in [2.24, 2.45) is 0 Å². The van der Waals surface area contributed by atoms with Crippen LogP contribution in [0.5, 0.6) is 5.75 Å². The van der Waals surface area contributed by atoms with Gasteiger partial charge < -0.3 is 24.8 Å². The number of rotatable bonds is 7. The van der Waals surface area contributed by atoms with Gasteiger partial charge in [0, 0.05) is 48.0 Å². The van der Waals surface area contributed by atoms with E-state index in [0.29, 0.717) is 22.2 Å². The van der Waals surface area contributed by atoms with E-state index in [0.717, 1.165) is 28.3 Å². The molecule has 0 aliphatic carbocycles. The van der Waals surface area contributed by atoms with E-state index in [9.17, 15) is 14.9 Å². The number of aryl methyl sites for hydroxylation is 1. The first-order chi connectivity index (χ1) is 19.2. The fourth-order valence-electron chi connectivity index (χ4n) is 5.28. The van der Waals surface area contributed by atoms with Gasteiger partial charge in [-0.1, -0.05) is 6.07 Å². The van der Waals surface area contributed by atoms with E-state index in [-0.39, 0.29) is 23.7 Å². The van der Waals surface area contributed by atoms with Crippen LogP contribution in [0, 0.1) is 24.0 Å². The topological polar surface area (TPSA) is 115 Å². The number of aromatic nitrogens is 2. The van der Waals surface area contributed by atoms with Crippen LogP contribution >= 0.6 is 12.2 Å². The van der Waals surface area contributed by atoms with E-state index >= 15 is 0 Å². The van der Waals surface area contributed by atoms with Crippen LogP contribution in [0.2, 0.25) is 0 Å². The smallest absolute Gasteiger partial charge is 0.271 e. The van der Waals surface area contributed by atoms with Crippen LogP contribution in [0.1, 0.15) is 41.7 Å². The standard InChI is InChI=1S/C29H28N6O4S/c1-17-15-23(18(2)33(17)25-16-22(35(37)38)12-13-26(25)39-4)28-27(24-7-5-6-14-30-24)32-29(40)34(28)21-10-8-20(9-11-21)31-19(3)36/h5-16,27-28H,1-4H3,(H,31,36)(H,32,40). The van der Waals surface area contributed by atoms with E-state index in [1.165, 1.54) is 19.1 Å². The molecule has 5 rings (SSSR count). The van der Waals surface area contributed by atoms with Crippen LogP contribution in [-0.2, 0) is 4.79 Å². The van der Waals surface area contributed by atoms with Gasteiger partial charge in [0.05, 0.1) is 35.5 Å². The van der Waals surface area contributed by atoms with Crippen LogP contribution in [0.15, 0.2) is 72.9 Å². The molecule has 2 atom stereocenters. The minimum Gasteiger partial charge on any atom is -0.495 e. The third-order valence-electron chi connectivity index (χ3n) is 6.97. The summed E-state index contributed by atoms with van der Waals surface area (Å²) in [6, 6.07) is 19.3. The van der Waals surface area contributed by atoms with Gasteiger partial charge in [-0.3, -0.25) is 19.9 Å². The van der Waals surface area contributed by atoms with Crippen molar-refractivity contribution in [3.05, 3.63) is 106 Å². The molecule has 0 radical (unpaired) electrons. The lowest BCUT2D eigenvalue weighted by Gasteiger charge is -2.28. The van der Waals surface area contributed by atoms with Gasteiger partial charge in [-0.2, -0.15) is 0 Å². The number of ether oxygens (including phenoxy) is 1. The van der Waals surface area contributed by atoms with Crippen molar-refractivity contribution in [2.45, 2.75) is 32.9 Å².